The Morgan fingerprint density at radius 2 is 2.09 bits per heavy atom. The smallest absolute Gasteiger partial charge is 0.272 e. The second kappa shape index (κ2) is 5.96. The van der Waals surface area contributed by atoms with Crippen molar-refractivity contribution in [2.45, 2.75) is 24.9 Å². The summed E-state index contributed by atoms with van der Waals surface area (Å²) in [5.74, 6) is -0.702. The molecule has 6 heteroatoms. The van der Waals surface area contributed by atoms with Crippen LogP contribution in [0.1, 0.15) is 24.0 Å². The van der Waals surface area contributed by atoms with Gasteiger partial charge in [-0.3, -0.25) is 10.1 Å². The molecular formula is C17H17FN2O3. The number of nitro benzene ring substituents is 1. The number of hydrogen-bond donors (Lipinski definition) is 2. The van der Waals surface area contributed by atoms with Gasteiger partial charge in [0.1, 0.15) is 5.60 Å². The Morgan fingerprint density at radius 1 is 1.30 bits per heavy atom. The van der Waals surface area contributed by atoms with Gasteiger partial charge < -0.3 is 10.4 Å². The second-order valence-electron chi connectivity index (χ2n) is 5.82. The molecule has 0 amide bonds. The van der Waals surface area contributed by atoms with Crippen LogP contribution in [0.4, 0.5) is 15.8 Å². The summed E-state index contributed by atoms with van der Waals surface area (Å²) in [5.41, 5.74) is 0.749. The number of aryl methyl sites for hydroxylation is 1. The van der Waals surface area contributed by atoms with E-state index in [0.717, 1.165) is 30.0 Å². The van der Waals surface area contributed by atoms with Gasteiger partial charge in [-0.1, -0.05) is 24.3 Å². The zero-order chi connectivity index (χ0) is 16.4. The van der Waals surface area contributed by atoms with Gasteiger partial charge in [0.05, 0.1) is 16.7 Å². The molecule has 1 unspecified atom stereocenters. The van der Waals surface area contributed by atoms with E-state index in [0.29, 0.717) is 6.42 Å². The summed E-state index contributed by atoms with van der Waals surface area (Å²) in [7, 11) is 0. The molecule has 23 heavy (non-hydrogen) atoms. The van der Waals surface area contributed by atoms with Crippen LogP contribution in [0.5, 0.6) is 0 Å². The van der Waals surface area contributed by atoms with Gasteiger partial charge >= 0.3 is 0 Å². The Bertz CT molecular complexity index is 750. The molecule has 1 aliphatic carbocycles. The fraction of sp³-hybridized carbons (Fsp3) is 0.294. The van der Waals surface area contributed by atoms with Crippen LogP contribution in [0.3, 0.4) is 0 Å². The number of halogens is 1. The van der Waals surface area contributed by atoms with Gasteiger partial charge in [-0.15, -0.1) is 0 Å². The Kier molecular flexibility index (Phi) is 4.00. The zero-order valence-corrected chi connectivity index (χ0v) is 12.5. The monoisotopic (exact) mass is 316 g/mol. The molecule has 2 aromatic carbocycles. The number of hydrogen-bond acceptors (Lipinski definition) is 4. The maximum atomic E-state index is 13.9. The van der Waals surface area contributed by atoms with E-state index in [9.17, 15) is 19.6 Å². The molecule has 0 fully saturated rings. The first kappa shape index (κ1) is 15.4. The Hall–Kier alpha value is -2.47. The average Bonchev–Trinajstić information content (AvgIpc) is 2.54. The molecule has 0 aromatic heterocycles. The molecule has 2 aromatic rings. The van der Waals surface area contributed by atoms with E-state index in [2.05, 4.69) is 5.32 Å². The van der Waals surface area contributed by atoms with E-state index in [1.165, 1.54) is 12.1 Å². The fourth-order valence-corrected chi connectivity index (χ4v) is 3.08. The summed E-state index contributed by atoms with van der Waals surface area (Å²) in [6.07, 6.45) is 2.37. The lowest BCUT2D eigenvalue weighted by atomic mass is 9.79. The minimum absolute atomic E-state index is 0.145. The Labute approximate surface area is 132 Å². The summed E-state index contributed by atoms with van der Waals surface area (Å²) in [5, 5.41) is 24.4. The molecule has 0 saturated carbocycles. The quantitative estimate of drug-likeness (QED) is 0.670. The highest BCUT2D eigenvalue weighted by molar-refractivity contribution is 5.51. The SMILES string of the molecule is O=[N+]([O-])c1ccc(NCC2(O)CCCc3ccccc32)c(F)c1. The molecule has 1 aliphatic rings. The zero-order valence-electron chi connectivity index (χ0n) is 12.5. The standard InChI is InChI=1S/C17H17FN2O3/c18-15-10-13(20(22)23)7-8-16(15)19-11-17(21)9-3-5-12-4-1-2-6-14(12)17/h1-2,4,6-8,10,19,21H,3,5,9,11H2. The van der Waals surface area contributed by atoms with Crippen molar-refractivity contribution < 1.29 is 14.4 Å². The summed E-state index contributed by atoms with van der Waals surface area (Å²) < 4.78 is 13.9. The first-order valence-corrected chi connectivity index (χ1v) is 7.48. The molecule has 2 N–H and O–H groups in total. The highest BCUT2D eigenvalue weighted by Gasteiger charge is 2.34. The highest BCUT2D eigenvalue weighted by atomic mass is 19.1. The van der Waals surface area contributed by atoms with Crippen molar-refractivity contribution in [3.05, 3.63) is 69.5 Å². The summed E-state index contributed by atoms with van der Waals surface area (Å²) >= 11 is 0. The Morgan fingerprint density at radius 3 is 2.83 bits per heavy atom. The summed E-state index contributed by atoms with van der Waals surface area (Å²) in [6.45, 7) is 0.152. The molecule has 0 radical (unpaired) electrons. The average molecular weight is 316 g/mol. The molecule has 1 atom stereocenters. The second-order valence-corrected chi connectivity index (χ2v) is 5.82. The van der Waals surface area contributed by atoms with Crippen LogP contribution in [0, 0.1) is 15.9 Å². The fourth-order valence-electron chi connectivity index (χ4n) is 3.08. The lowest BCUT2D eigenvalue weighted by molar-refractivity contribution is -0.385. The minimum Gasteiger partial charge on any atom is -0.383 e. The first-order valence-electron chi connectivity index (χ1n) is 7.48. The molecule has 0 aliphatic heterocycles. The van der Waals surface area contributed by atoms with Crippen LogP contribution in [-0.4, -0.2) is 16.6 Å². The number of nitrogens with one attached hydrogen (secondary N) is 1. The predicted octanol–water partition coefficient (Wildman–Crippen LogP) is 3.37. The van der Waals surface area contributed by atoms with Gasteiger partial charge in [0.25, 0.3) is 5.69 Å². The van der Waals surface area contributed by atoms with E-state index in [-0.39, 0.29) is 17.9 Å². The molecule has 3 rings (SSSR count). The molecule has 0 heterocycles. The molecular weight excluding hydrogens is 299 g/mol. The number of aliphatic hydroxyl groups is 1. The number of non-ortho nitro benzene ring substituents is 1. The third-order valence-corrected chi connectivity index (χ3v) is 4.29. The van der Waals surface area contributed by atoms with Crippen LogP contribution >= 0.6 is 0 Å². The molecule has 5 nitrogen and oxygen atoms in total. The largest absolute Gasteiger partial charge is 0.383 e. The van der Waals surface area contributed by atoms with Gasteiger partial charge in [-0.2, -0.15) is 0 Å². The van der Waals surface area contributed by atoms with E-state index in [1.54, 1.807) is 0 Å². The van der Waals surface area contributed by atoms with Gasteiger partial charge in [-0.05, 0) is 36.5 Å². The van der Waals surface area contributed by atoms with Crippen molar-refractivity contribution in [3.8, 4) is 0 Å². The van der Waals surface area contributed by atoms with Crippen molar-refractivity contribution in [2.75, 3.05) is 11.9 Å². The minimum atomic E-state index is -1.07. The summed E-state index contributed by atoms with van der Waals surface area (Å²) in [4.78, 5) is 10.00. The van der Waals surface area contributed by atoms with Crippen molar-refractivity contribution in [1.82, 2.24) is 0 Å². The third-order valence-electron chi connectivity index (χ3n) is 4.29. The van der Waals surface area contributed by atoms with Crippen LogP contribution < -0.4 is 5.32 Å². The maximum absolute atomic E-state index is 13.9. The van der Waals surface area contributed by atoms with Crippen molar-refractivity contribution in [3.63, 3.8) is 0 Å². The van der Waals surface area contributed by atoms with Crippen LogP contribution in [-0.2, 0) is 12.0 Å². The Balaban J connectivity index is 1.80. The maximum Gasteiger partial charge on any atom is 0.272 e. The predicted molar refractivity (Wildman–Crippen MR) is 84.8 cm³/mol. The van der Waals surface area contributed by atoms with Gasteiger partial charge in [0, 0.05) is 12.6 Å². The number of anilines is 1. The normalized spacial score (nSPS) is 19.9. The topological polar surface area (TPSA) is 75.4 Å². The van der Waals surface area contributed by atoms with Crippen molar-refractivity contribution in [2.24, 2.45) is 0 Å². The molecule has 0 bridgehead atoms. The highest BCUT2D eigenvalue weighted by Crippen LogP contribution is 2.35. The third kappa shape index (κ3) is 3.03. The van der Waals surface area contributed by atoms with Crippen LogP contribution in [0.15, 0.2) is 42.5 Å². The van der Waals surface area contributed by atoms with Crippen LogP contribution in [0.2, 0.25) is 0 Å². The van der Waals surface area contributed by atoms with Gasteiger partial charge in [-0.25, -0.2) is 4.39 Å². The summed E-state index contributed by atoms with van der Waals surface area (Å²) in [6, 6.07) is 11.1. The number of benzene rings is 2. The van der Waals surface area contributed by atoms with E-state index < -0.39 is 16.3 Å². The number of nitro groups is 1. The van der Waals surface area contributed by atoms with Crippen molar-refractivity contribution in [1.29, 1.82) is 0 Å². The van der Waals surface area contributed by atoms with Gasteiger partial charge in [0.15, 0.2) is 5.82 Å². The van der Waals surface area contributed by atoms with Crippen molar-refractivity contribution >= 4 is 11.4 Å². The molecule has 120 valence electrons. The lowest BCUT2D eigenvalue weighted by Crippen LogP contribution is -2.37. The first-order chi connectivity index (χ1) is 11.0. The van der Waals surface area contributed by atoms with E-state index in [1.807, 2.05) is 24.3 Å². The molecule has 0 spiro atoms. The van der Waals surface area contributed by atoms with E-state index >= 15 is 0 Å². The lowest BCUT2D eigenvalue weighted by Gasteiger charge is -2.35. The molecule has 0 saturated heterocycles. The number of nitrogens with zero attached hydrogens (tertiary/aromatic N) is 1. The van der Waals surface area contributed by atoms with Crippen LogP contribution in [0.25, 0.3) is 0 Å². The number of fused-ring (bicyclic) bond motifs is 1. The number of rotatable bonds is 4. The van der Waals surface area contributed by atoms with Gasteiger partial charge in [0.2, 0.25) is 0 Å². The van der Waals surface area contributed by atoms with E-state index in [4.69, 9.17) is 0 Å².